The van der Waals surface area contributed by atoms with Crippen molar-refractivity contribution in [1.82, 2.24) is 4.98 Å². The van der Waals surface area contributed by atoms with E-state index in [1.165, 1.54) is 7.11 Å². The largest absolute Gasteiger partial charge is 0.477 e. The fraction of sp³-hybridized carbons (Fsp3) is 0.455. The number of carboxylic acid groups (broad SMARTS) is 1. The third-order valence-electron chi connectivity index (χ3n) is 2.15. The standard InChI is InChI=1S/C11H14N2O7/c1-18-4-5-19-6-7-20-10-9(13(16)17)3-2-8(12-10)11(14)15/h2-3H,4-7H2,1H3,(H,14,15). The van der Waals surface area contributed by atoms with E-state index in [1.54, 1.807) is 0 Å². The van der Waals surface area contributed by atoms with E-state index >= 15 is 0 Å². The highest BCUT2D eigenvalue weighted by atomic mass is 16.6. The number of nitro groups is 1. The van der Waals surface area contributed by atoms with Gasteiger partial charge < -0.3 is 19.3 Å². The maximum Gasteiger partial charge on any atom is 0.354 e. The van der Waals surface area contributed by atoms with Crippen LogP contribution in [0, 0.1) is 10.1 Å². The fourth-order valence-corrected chi connectivity index (χ4v) is 1.24. The Morgan fingerprint density at radius 3 is 2.65 bits per heavy atom. The van der Waals surface area contributed by atoms with Crippen LogP contribution in [0.15, 0.2) is 12.1 Å². The lowest BCUT2D eigenvalue weighted by molar-refractivity contribution is -0.386. The van der Waals surface area contributed by atoms with Gasteiger partial charge in [0.25, 0.3) is 5.88 Å². The summed E-state index contributed by atoms with van der Waals surface area (Å²) in [7, 11) is 1.53. The van der Waals surface area contributed by atoms with Crippen LogP contribution in [0.4, 0.5) is 5.69 Å². The van der Waals surface area contributed by atoms with Gasteiger partial charge in [-0.3, -0.25) is 10.1 Å². The second-order valence-corrected chi connectivity index (χ2v) is 3.54. The lowest BCUT2D eigenvalue weighted by Gasteiger charge is -2.07. The number of aromatic nitrogens is 1. The quantitative estimate of drug-likeness (QED) is 0.400. The molecule has 110 valence electrons. The molecule has 1 N–H and O–H groups in total. The van der Waals surface area contributed by atoms with E-state index in [0.717, 1.165) is 12.1 Å². The van der Waals surface area contributed by atoms with Crippen LogP contribution in [0.1, 0.15) is 10.5 Å². The summed E-state index contributed by atoms with van der Waals surface area (Å²) in [5.74, 6) is -1.63. The summed E-state index contributed by atoms with van der Waals surface area (Å²) in [5, 5.41) is 19.5. The van der Waals surface area contributed by atoms with Crippen LogP contribution in [0.5, 0.6) is 5.88 Å². The van der Waals surface area contributed by atoms with Gasteiger partial charge in [-0.1, -0.05) is 0 Å². The summed E-state index contributed by atoms with van der Waals surface area (Å²) in [6, 6.07) is 2.08. The number of methoxy groups -OCH3 is 1. The summed E-state index contributed by atoms with van der Waals surface area (Å²) in [6.45, 7) is 0.984. The lowest BCUT2D eigenvalue weighted by atomic mass is 10.3. The first-order valence-electron chi connectivity index (χ1n) is 5.64. The Morgan fingerprint density at radius 2 is 2.05 bits per heavy atom. The molecule has 0 bridgehead atoms. The van der Waals surface area contributed by atoms with E-state index in [2.05, 4.69) is 4.98 Å². The molecule has 0 amide bonds. The first kappa shape index (κ1) is 15.8. The van der Waals surface area contributed by atoms with Crippen LogP contribution in [0.25, 0.3) is 0 Å². The smallest absolute Gasteiger partial charge is 0.354 e. The molecular weight excluding hydrogens is 272 g/mol. The van der Waals surface area contributed by atoms with Crippen molar-refractivity contribution in [1.29, 1.82) is 0 Å². The molecule has 1 rings (SSSR count). The van der Waals surface area contributed by atoms with Gasteiger partial charge in [0.15, 0.2) is 5.69 Å². The highest BCUT2D eigenvalue weighted by Gasteiger charge is 2.19. The average Bonchev–Trinajstić information content (AvgIpc) is 2.42. The van der Waals surface area contributed by atoms with Crippen molar-refractivity contribution < 1.29 is 29.0 Å². The van der Waals surface area contributed by atoms with E-state index in [4.69, 9.17) is 19.3 Å². The number of carbonyl (C=O) groups is 1. The number of aromatic carboxylic acids is 1. The molecule has 0 saturated heterocycles. The molecule has 1 aromatic rings. The molecule has 0 aliphatic heterocycles. The number of ether oxygens (including phenoxy) is 3. The van der Waals surface area contributed by atoms with Crippen molar-refractivity contribution in [3.05, 3.63) is 27.9 Å². The van der Waals surface area contributed by atoms with E-state index < -0.39 is 16.6 Å². The van der Waals surface area contributed by atoms with Crippen molar-refractivity contribution in [2.24, 2.45) is 0 Å². The van der Waals surface area contributed by atoms with E-state index in [1.807, 2.05) is 0 Å². The van der Waals surface area contributed by atoms with Crippen molar-refractivity contribution in [3.8, 4) is 5.88 Å². The Kier molecular flexibility index (Phi) is 6.33. The van der Waals surface area contributed by atoms with Gasteiger partial charge in [0.1, 0.15) is 6.61 Å². The number of rotatable bonds is 9. The van der Waals surface area contributed by atoms with Crippen LogP contribution in [-0.4, -0.2) is 54.5 Å². The molecule has 20 heavy (non-hydrogen) atoms. The molecule has 0 aliphatic carbocycles. The number of hydrogen-bond donors (Lipinski definition) is 1. The Morgan fingerprint density at radius 1 is 1.35 bits per heavy atom. The van der Waals surface area contributed by atoms with Gasteiger partial charge in [-0.2, -0.15) is 0 Å². The second-order valence-electron chi connectivity index (χ2n) is 3.54. The highest BCUT2D eigenvalue weighted by molar-refractivity contribution is 5.85. The van der Waals surface area contributed by atoms with Crippen LogP contribution >= 0.6 is 0 Å². The highest BCUT2D eigenvalue weighted by Crippen LogP contribution is 2.24. The van der Waals surface area contributed by atoms with E-state index in [-0.39, 0.29) is 24.8 Å². The maximum absolute atomic E-state index is 10.8. The minimum atomic E-state index is -1.29. The van der Waals surface area contributed by atoms with Crippen molar-refractivity contribution in [3.63, 3.8) is 0 Å². The topological polar surface area (TPSA) is 121 Å². The number of nitrogens with zero attached hydrogens (tertiary/aromatic N) is 2. The molecule has 1 aromatic heterocycles. The number of carboxylic acids is 1. The van der Waals surface area contributed by atoms with Gasteiger partial charge in [-0.25, -0.2) is 9.78 Å². The molecule has 0 saturated carbocycles. The van der Waals surface area contributed by atoms with Gasteiger partial charge in [-0.15, -0.1) is 0 Å². The lowest BCUT2D eigenvalue weighted by Crippen LogP contribution is -2.12. The summed E-state index contributed by atoms with van der Waals surface area (Å²) in [5.41, 5.74) is -0.724. The average molecular weight is 286 g/mol. The second kappa shape index (κ2) is 8.02. The molecule has 0 spiro atoms. The normalized spacial score (nSPS) is 10.2. The predicted octanol–water partition coefficient (Wildman–Crippen LogP) is 0.730. The van der Waals surface area contributed by atoms with Crippen LogP contribution < -0.4 is 4.74 Å². The predicted molar refractivity (Wildman–Crippen MR) is 66.0 cm³/mol. The minimum absolute atomic E-state index is 0.0145. The zero-order valence-electron chi connectivity index (χ0n) is 10.8. The molecule has 1 heterocycles. The zero-order valence-corrected chi connectivity index (χ0v) is 10.8. The number of pyridine rings is 1. The van der Waals surface area contributed by atoms with Gasteiger partial charge in [0.2, 0.25) is 0 Å². The fourth-order valence-electron chi connectivity index (χ4n) is 1.24. The first-order valence-corrected chi connectivity index (χ1v) is 5.64. The Labute approximate surface area is 114 Å². The van der Waals surface area contributed by atoms with Gasteiger partial charge in [0.05, 0.1) is 24.7 Å². The molecule has 9 heteroatoms. The molecule has 0 unspecified atom stereocenters. The van der Waals surface area contributed by atoms with Gasteiger partial charge in [-0.05, 0) is 6.07 Å². The van der Waals surface area contributed by atoms with Gasteiger partial charge in [0, 0.05) is 13.2 Å². The maximum atomic E-state index is 10.8. The molecule has 0 aliphatic rings. The summed E-state index contributed by atoms with van der Waals surface area (Å²) < 4.78 is 15.0. The molecule has 0 radical (unpaired) electrons. The molecule has 0 atom stereocenters. The minimum Gasteiger partial charge on any atom is -0.477 e. The van der Waals surface area contributed by atoms with Crippen molar-refractivity contribution in [2.45, 2.75) is 0 Å². The Hall–Kier alpha value is -2.26. The van der Waals surface area contributed by atoms with Gasteiger partial charge >= 0.3 is 11.7 Å². The third-order valence-corrected chi connectivity index (χ3v) is 2.15. The van der Waals surface area contributed by atoms with E-state index in [9.17, 15) is 14.9 Å². The Bertz CT molecular complexity index is 478. The molecule has 0 fully saturated rings. The van der Waals surface area contributed by atoms with E-state index in [0.29, 0.717) is 13.2 Å². The molecule has 0 aromatic carbocycles. The van der Waals surface area contributed by atoms with Crippen LogP contribution in [0.3, 0.4) is 0 Å². The van der Waals surface area contributed by atoms with Crippen LogP contribution in [-0.2, 0) is 9.47 Å². The van der Waals surface area contributed by atoms with Crippen molar-refractivity contribution >= 4 is 11.7 Å². The van der Waals surface area contributed by atoms with Crippen LogP contribution in [0.2, 0.25) is 0 Å². The SMILES string of the molecule is COCCOCCOc1nc(C(=O)O)ccc1[N+](=O)[O-]. The first-order chi connectivity index (χ1) is 9.56. The number of hydrogen-bond acceptors (Lipinski definition) is 7. The third kappa shape index (κ3) is 4.78. The zero-order chi connectivity index (χ0) is 15.0. The summed E-state index contributed by atoms with van der Waals surface area (Å²) >= 11 is 0. The summed E-state index contributed by atoms with van der Waals surface area (Å²) in [4.78, 5) is 24.4. The Balaban J connectivity index is 2.63. The summed E-state index contributed by atoms with van der Waals surface area (Å²) in [6.07, 6.45) is 0. The molecule has 9 nitrogen and oxygen atoms in total. The molecular formula is C11H14N2O7. The monoisotopic (exact) mass is 286 g/mol. The van der Waals surface area contributed by atoms with Crippen molar-refractivity contribution in [2.75, 3.05) is 33.5 Å².